The molecule has 0 atom stereocenters. The van der Waals surface area contributed by atoms with Gasteiger partial charge in [0.05, 0.1) is 0 Å². The SMILES string of the molecule is CCCc1c(NCC)ncnc1NCCC(=O)NC. The van der Waals surface area contributed by atoms with E-state index >= 15 is 0 Å². The first-order valence-electron chi connectivity index (χ1n) is 6.75. The summed E-state index contributed by atoms with van der Waals surface area (Å²) in [7, 11) is 1.64. The van der Waals surface area contributed by atoms with Gasteiger partial charge in [0, 0.05) is 32.1 Å². The van der Waals surface area contributed by atoms with E-state index in [0.717, 1.165) is 36.6 Å². The highest BCUT2D eigenvalue weighted by Gasteiger charge is 2.10. The van der Waals surface area contributed by atoms with E-state index in [1.165, 1.54) is 0 Å². The number of rotatable bonds is 8. The molecule has 6 heteroatoms. The maximum Gasteiger partial charge on any atom is 0.221 e. The summed E-state index contributed by atoms with van der Waals surface area (Å²) >= 11 is 0. The Morgan fingerprint density at radius 1 is 1.21 bits per heavy atom. The first-order valence-corrected chi connectivity index (χ1v) is 6.75. The molecule has 0 unspecified atom stereocenters. The molecule has 0 saturated carbocycles. The summed E-state index contributed by atoms with van der Waals surface area (Å²) in [6, 6.07) is 0. The van der Waals surface area contributed by atoms with Crippen molar-refractivity contribution in [3.63, 3.8) is 0 Å². The Kier molecular flexibility index (Phi) is 6.63. The second-order valence-electron chi connectivity index (χ2n) is 4.18. The lowest BCUT2D eigenvalue weighted by atomic mass is 10.1. The van der Waals surface area contributed by atoms with Crippen LogP contribution in [-0.4, -0.2) is 36.0 Å². The molecule has 0 spiro atoms. The van der Waals surface area contributed by atoms with Gasteiger partial charge in [0.2, 0.25) is 5.91 Å². The molecule has 6 nitrogen and oxygen atoms in total. The van der Waals surface area contributed by atoms with E-state index in [1.54, 1.807) is 13.4 Å². The molecule has 1 heterocycles. The number of carbonyl (C=O) groups is 1. The second-order valence-corrected chi connectivity index (χ2v) is 4.18. The molecule has 0 bridgehead atoms. The third-order valence-electron chi connectivity index (χ3n) is 2.71. The van der Waals surface area contributed by atoms with Crippen LogP contribution in [-0.2, 0) is 11.2 Å². The van der Waals surface area contributed by atoms with Gasteiger partial charge in [-0.1, -0.05) is 13.3 Å². The molecular weight excluding hydrogens is 242 g/mol. The molecule has 1 amide bonds. The first kappa shape index (κ1) is 15.2. The van der Waals surface area contributed by atoms with Crippen molar-refractivity contribution in [2.45, 2.75) is 33.1 Å². The van der Waals surface area contributed by atoms with Crippen LogP contribution in [0.5, 0.6) is 0 Å². The number of amides is 1. The van der Waals surface area contributed by atoms with Crippen LogP contribution in [0.15, 0.2) is 6.33 Å². The molecule has 0 aromatic carbocycles. The van der Waals surface area contributed by atoms with Crippen molar-refractivity contribution in [2.75, 3.05) is 30.8 Å². The van der Waals surface area contributed by atoms with E-state index in [9.17, 15) is 4.79 Å². The molecule has 19 heavy (non-hydrogen) atoms. The van der Waals surface area contributed by atoms with Crippen molar-refractivity contribution >= 4 is 17.5 Å². The molecule has 0 aliphatic heterocycles. The monoisotopic (exact) mass is 265 g/mol. The van der Waals surface area contributed by atoms with Crippen molar-refractivity contribution in [3.05, 3.63) is 11.9 Å². The Morgan fingerprint density at radius 2 is 1.89 bits per heavy atom. The van der Waals surface area contributed by atoms with Crippen molar-refractivity contribution in [1.29, 1.82) is 0 Å². The number of hydrogen-bond acceptors (Lipinski definition) is 5. The highest BCUT2D eigenvalue weighted by atomic mass is 16.1. The van der Waals surface area contributed by atoms with Crippen LogP contribution in [0.25, 0.3) is 0 Å². The summed E-state index contributed by atoms with van der Waals surface area (Å²) in [5.74, 6) is 1.71. The van der Waals surface area contributed by atoms with Crippen molar-refractivity contribution in [2.24, 2.45) is 0 Å². The summed E-state index contributed by atoms with van der Waals surface area (Å²) in [6.07, 6.45) is 3.91. The third kappa shape index (κ3) is 4.73. The Balaban J connectivity index is 2.74. The van der Waals surface area contributed by atoms with Gasteiger partial charge in [0.15, 0.2) is 0 Å². The Morgan fingerprint density at radius 3 is 2.47 bits per heavy atom. The first-order chi connectivity index (χ1) is 9.22. The zero-order chi connectivity index (χ0) is 14.1. The van der Waals surface area contributed by atoms with E-state index in [-0.39, 0.29) is 5.91 Å². The van der Waals surface area contributed by atoms with Gasteiger partial charge in [-0.2, -0.15) is 0 Å². The average molecular weight is 265 g/mol. The Hall–Kier alpha value is -1.85. The third-order valence-corrected chi connectivity index (χ3v) is 2.71. The van der Waals surface area contributed by atoms with Gasteiger partial charge < -0.3 is 16.0 Å². The van der Waals surface area contributed by atoms with Crippen LogP contribution in [0.2, 0.25) is 0 Å². The minimum Gasteiger partial charge on any atom is -0.370 e. The molecule has 0 radical (unpaired) electrons. The molecule has 3 N–H and O–H groups in total. The lowest BCUT2D eigenvalue weighted by molar-refractivity contribution is -0.120. The summed E-state index contributed by atoms with van der Waals surface area (Å²) in [6.45, 7) is 5.55. The number of aromatic nitrogens is 2. The van der Waals surface area contributed by atoms with Gasteiger partial charge in [0.1, 0.15) is 18.0 Å². The molecule has 1 aromatic heterocycles. The smallest absolute Gasteiger partial charge is 0.221 e. The molecule has 1 aromatic rings. The average Bonchev–Trinajstić information content (AvgIpc) is 2.42. The molecule has 0 fully saturated rings. The predicted octanol–water partition coefficient (Wildman–Crippen LogP) is 1.41. The van der Waals surface area contributed by atoms with Gasteiger partial charge >= 0.3 is 0 Å². The quantitative estimate of drug-likeness (QED) is 0.662. The summed E-state index contributed by atoms with van der Waals surface area (Å²) in [5, 5.41) is 9.05. The standard InChI is InChI=1S/C13H23N5O/c1-4-6-10-12(15-5-2)17-9-18-13(10)16-8-7-11(19)14-3/h9H,4-8H2,1-3H3,(H,14,19)(H2,15,16,17,18). The highest BCUT2D eigenvalue weighted by Crippen LogP contribution is 2.21. The van der Waals surface area contributed by atoms with E-state index in [0.29, 0.717) is 13.0 Å². The number of nitrogens with zero attached hydrogens (tertiary/aromatic N) is 2. The van der Waals surface area contributed by atoms with E-state index in [1.807, 2.05) is 6.92 Å². The van der Waals surface area contributed by atoms with Crippen LogP contribution in [0.3, 0.4) is 0 Å². The van der Waals surface area contributed by atoms with Gasteiger partial charge in [-0.3, -0.25) is 4.79 Å². The molecule has 106 valence electrons. The normalized spacial score (nSPS) is 10.1. The fourth-order valence-electron chi connectivity index (χ4n) is 1.79. The van der Waals surface area contributed by atoms with E-state index in [4.69, 9.17) is 0 Å². The number of nitrogens with one attached hydrogen (secondary N) is 3. The molecule has 1 rings (SSSR count). The highest BCUT2D eigenvalue weighted by molar-refractivity contribution is 5.76. The molecule has 0 saturated heterocycles. The molecule has 0 aliphatic carbocycles. The number of hydrogen-bond donors (Lipinski definition) is 3. The van der Waals surface area contributed by atoms with Gasteiger partial charge in [0.25, 0.3) is 0 Å². The van der Waals surface area contributed by atoms with Crippen LogP contribution in [0.4, 0.5) is 11.6 Å². The zero-order valence-electron chi connectivity index (χ0n) is 11.9. The van der Waals surface area contributed by atoms with Gasteiger partial charge in [-0.25, -0.2) is 9.97 Å². The van der Waals surface area contributed by atoms with E-state index < -0.39 is 0 Å². The van der Waals surface area contributed by atoms with Crippen LogP contribution in [0.1, 0.15) is 32.3 Å². The van der Waals surface area contributed by atoms with Gasteiger partial charge in [-0.15, -0.1) is 0 Å². The summed E-state index contributed by atoms with van der Waals surface area (Å²) < 4.78 is 0. The lowest BCUT2D eigenvalue weighted by Crippen LogP contribution is -2.21. The largest absolute Gasteiger partial charge is 0.370 e. The van der Waals surface area contributed by atoms with Crippen LogP contribution >= 0.6 is 0 Å². The van der Waals surface area contributed by atoms with Crippen molar-refractivity contribution < 1.29 is 4.79 Å². The fraction of sp³-hybridized carbons (Fsp3) is 0.615. The fourth-order valence-corrected chi connectivity index (χ4v) is 1.79. The van der Waals surface area contributed by atoms with Crippen molar-refractivity contribution in [1.82, 2.24) is 15.3 Å². The second kappa shape index (κ2) is 8.29. The van der Waals surface area contributed by atoms with Crippen molar-refractivity contribution in [3.8, 4) is 0 Å². The zero-order valence-corrected chi connectivity index (χ0v) is 11.9. The minimum atomic E-state index is 0.0190. The molecular formula is C13H23N5O. The van der Waals surface area contributed by atoms with E-state index in [2.05, 4.69) is 32.8 Å². The van der Waals surface area contributed by atoms with Crippen LogP contribution in [0, 0.1) is 0 Å². The predicted molar refractivity (Wildman–Crippen MR) is 77.4 cm³/mol. The number of carbonyl (C=O) groups excluding carboxylic acids is 1. The Bertz CT molecular complexity index is 408. The lowest BCUT2D eigenvalue weighted by Gasteiger charge is -2.14. The Labute approximate surface area is 114 Å². The maximum atomic E-state index is 11.2. The number of anilines is 2. The van der Waals surface area contributed by atoms with Gasteiger partial charge in [-0.05, 0) is 13.3 Å². The topological polar surface area (TPSA) is 78.9 Å². The molecule has 0 aliphatic rings. The van der Waals surface area contributed by atoms with Crippen LogP contribution < -0.4 is 16.0 Å². The summed E-state index contributed by atoms with van der Waals surface area (Å²) in [4.78, 5) is 19.7. The minimum absolute atomic E-state index is 0.0190. The summed E-state index contributed by atoms with van der Waals surface area (Å²) in [5.41, 5.74) is 1.09. The maximum absolute atomic E-state index is 11.2.